The molecule has 5 heteroatoms. The quantitative estimate of drug-likeness (QED) is 0.900. The minimum atomic E-state index is -0.205. The van der Waals surface area contributed by atoms with E-state index in [-0.39, 0.29) is 11.9 Å². The third-order valence-corrected chi connectivity index (χ3v) is 2.83. The van der Waals surface area contributed by atoms with Gasteiger partial charge in [-0.05, 0) is 50.2 Å². The minimum absolute atomic E-state index is 0.201. The average Bonchev–Trinajstić information content (AvgIpc) is 2.41. The van der Waals surface area contributed by atoms with Gasteiger partial charge in [-0.15, -0.1) is 0 Å². The van der Waals surface area contributed by atoms with E-state index < -0.39 is 0 Å². The number of halogens is 1. The topological polar surface area (TPSA) is 54.0 Å². The third kappa shape index (κ3) is 3.71. The molecule has 0 unspecified atom stereocenters. The van der Waals surface area contributed by atoms with E-state index in [0.29, 0.717) is 22.1 Å². The molecule has 20 heavy (non-hydrogen) atoms. The van der Waals surface area contributed by atoms with Gasteiger partial charge in [0.15, 0.2) is 0 Å². The summed E-state index contributed by atoms with van der Waals surface area (Å²) >= 11 is 5.82. The second kappa shape index (κ2) is 6.39. The van der Waals surface area contributed by atoms with Crippen LogP contribution in [0.25, 0.3) is 0 Å². The van der Waals surface area contributed by atoms with Gasteiger partial charge in [-0.25, -0.2) is 4.98 Å². The normalized spacial score (nSPS) is 10.4. The number of nitrogens with one attached hydrogen (secondary N) is 2. The molecule has 0 radical (unpaired) electrons. The summed E-state index contributed by atoms with van der Waals surface area (Å²) in [5, 5.41) is 6.61. The smallest absolute Gasteiger partial charge is 0.259 e. The summed E-state index contributed by atoms with van der Waals surface area (Å²) in [5.74, 6) is 0.373. The number of amides is 1. The molecule has 0 saturated carbocycles. The van der Waals surface area contributed by atoms with Gasteiger partial charge in [0, 0.05) is 22.9 Å². The number of pyridine rings is 1. The molecular weight excluding hydrogens is 274 g/mol. The van der Waals surface area contributed by atoms with Crippen LogP contribution in [-0.2, 0) is 0 Å². The van der Waals surface area contributed by atoms with Crippen LogP contribution in [0.15, 0.2) is 42.6 Å². The Kier molecular flexibility index (Phi) is 4.58. The minimum Gasteiger partial charge on any atom is -0.367 e. The van der Waals surface area contributed by atoms with E-state index in [1.807, 2.05) is 13.8 Å². The second-order valence-electron chi connectivity index (χ2n) is 4.66. The number of carbonyl (C=O) groups is 1. The molecule has 0 atom stereocenters. The van der Waals surface area contributed by atoms with Crippen molar-refractivity contribution >= 4 is 29.0 Å². The molecule has 0 spiro atoms. The Morgan fingerprint density at radius 2 is 1.90 bits per heavy atom. The fourth-order valence-corrected chi connectivity index (χ4v) is 1.83. The van der Waals surface area contributed by atoms with Crippen LogP contribution in [0.2, 0.25) is 5.02 Å². The maximum Gasteiger partial charge on any atom is 0.259 e. The molecule has 4 nitrogen and oxygen atoms in total. The van der Waals surface area contributed by atoms with E-state index in [0.717, 1.165) is 0 Å². The molecule has 2 rings (SSSR count). The molecule has 1 aromatic carbocycles. The lowest BCUT2D eigenvalue weighted by Crippen LogP contribution is -2.18. The summed E-state index contributed by atoms with van der Waals surface area (Å²) in [6.07, 6.45) is 1.66. The molecule has 0 aliphatic rings. The van der Waals surface area contributed by atoms with Crippen LogP contribution in [-0.4, -0.2) is 16.9 Å². The van der Waals surface area contributed by atoms with Crippen LogP contribution < -0.4 is 10.6 Å². The maximum atomic E-state index is 12.3. The van der Waals surface area contributed by atoms with E-state index in [2.05, 4.69) is 15.6 Å². The molecule has 0 saturated heterocycles. The number of anilines is 2. The van der Waals surface area contributed by atoms with Crippen LogP contribution >= 0.6 is 11.6 Å². The standard InChI is InChI=1S/C15H16ClN3O/c1-10(2)18-14-13(4-3-9-17-14)15(20)19-12-7-5-11(16)6-8-12/h3-10H,1-2H3,(H,17,18)(H,19,20). The molecule has 104 valence electrons. The maximum absolute atomic E-state index is 12.3. The number of hydrogen-bond acceptors (Lipinski definition) is 3. The lowest BCUT2D eigenvalue weighted by molar-refractivity contribution is 0.102. The van der Waals surface area contributed by atoms with Crippen molar-refractivity contribution in [1.29, 1.82) is 0 Å². The van der Waals surface area contributed by atoms with Crippen molar-refractivity contribution in [2.75, 3.05) is 10.6 Å². The molecular formula is C15H16ClN3O. The van der Waals surface area contributed by atoms with Gasteiger partial charge in [-0.1, -0.05) is 11.6 Å². The summed E-state index contributed by atoms with van der Waals surface area (Å²) in [7, 11) is 0. The highest BCUT2D eigenvalue weighted by atomic mass is 35.5. The van der Waals surface area contributed by atoms with E-state index in [1.54, 1.807) is 42.6 Å². The van der Waals surface area contributed by atoms with Crippen molar-refractivity contribution in [1.82, 2.24) is 4.98 Å². The Labute approximate surface area is 123 Å². The van der Waals surface area contributed by atoms with Gasteiger partial charge in [0.05, 0.1) is 5.56 Å². The van der Waals surface area contributed by atoms with E-state index >= 15 is 0 Å². The van der Waals surface area contributed by atoms with Gasteiger partial charge in [0.1, 0.15) is 5.82 Å². The number of nitrogens with zero attached hydrogens (tertiary/aromatic N) is 1. The fourth-order valence-electron chi connectivity index (χ4n) is 1.71. The average molecular weight is 290 g/mol. The molecule has 1 amide bonds. The van der Waals surface area contributed by atoms with E-state index in [1.165, 1.54) is 0 Å². The Morgan fingerprint density at radius 3 is 2.55 bits per heavy atom. The predicted molar refractivity (Wildman–Crippen MR) is 82.4 cm³/mol. The zero-order valence-corrected chi connectivity index (χ0v) is 12.1. The zero-order chi connectivity index (χ0) is 14.5. The van der Waals surface area contributed by atoms with Gasteiger partial charge < -0.3 is 10.6 Å². The van der Waals surface area contributed by atoms with Crippen LogP contribution in [0.5, 0.6) is 0 Å². The van der Waals surface area contributed by atoms with Gasteiger partial charge in [0.2, 0.25) is 0 Å². The predicted octanol–water partition coefficient (Wildman–Crippen LogP) is 3.81. The Morgan fingerprint density at radius 1 is 1.20 bits per heavy atom. The van der Waals surface area contributed by atoms with E-state index in [4.69, 9.17) is 11.6 Å². The first-order valence-electron chi connectivity index (χ1n) is 6.34. The van der Waals surface area contributed by atoms with Crippen LogP contribution in [0.1, 0.15) is 24.2 Å². The lowest BCUT2D eigenvalue weighted by atomic mass is 10.2. The van der Waals surface area contributed by atoms with Crippen LogP contribution in [0.3, 0.4) is 0 Å². The molecule has 2 aromatic rings. The number of aromatic nitrogens is 1. The second-order valence-corrected chi connectivity index (χ2v) is 5.10. The number of rotatable bonds is 4. The van der Waals surface area contributed by atoms with Gasteiger partial charge >= 0.3 is 0 Å². The van der Waals surface area contributed by atoms with Crippen molar-refractivity contribution < 1.29 is 4.79 Å². The summed E-state index contributed by atoms with van der Waals surface area (Å²) in [5.41, 5.74) is 1.20. The van der Waals surface area contributed by atoms with Crippen molar-refractivity contribution in [3.63, 3.8) is 0 Å². The highest BCUT2D eigenvalue weighted by Gasteiger charge is 2.13. The Bertz CT molecular complexity index is 596. The SMILES string of the molecule is CC(C)Nc1ncccc1C(=O)Nc1ccc(Cl)cc1. The highest BCUT2D eigenvalue weighted by Crippen LogP contribution is 2.17. The first-order chi connectivity index (χ1) is 9.56. The van der Waals surface area contributed by atoms with Crippen molar-refractivity contribution in [2.24, 2.45) is 0 Å². The largest absolute Gasteiger partial charge is 0.367 e. The Balaban J connectivity index is 2.18. The Hall–Kier alpha value is -2.07. The molecule has 0 aliphatic heterocycles. The molecule has 2 N–H and O–H groups in total. The summed E-state index contributed by atoms with van der Waals surface area (Å²) in [6.45, 7) is 3.99. The van der Waals surface area contributed by atoms with Crippen molar-refractivity contribution in [2.45, 2.75) is 19.9 Å². The van der Waals surface area contributed by atoms with Gasteiger partial charge in [-0.2, -0.15) is 0 Å². The van der Waals surface area contributed by atoms with Crippen molar-refractivity contribution in [3.05, 3.63) is 53.2 Å². The summed E-state index contributed by atoms with van der Waals surface area (Å²) < 4.78 is 0. The summed E-state index contributed by atoms with van der Waals surface area (Å²) in [4.78, 5) is 16.5. The third-order valence-electron chi connectivity index (χ3n) is 2.58. The number of hydrogen-bond donors (Lipinski definition) is 2. The van der Waals surface area contributed by atoms with Crippen LogP contribution in [0, 0.1) is 0 Å². The number of benzene rings is 1. The molecule has 1 heterocycles. The highest BCUT2D eigenvalue weighted by molar-refractivity contribution is 6.30. The van der Waals surface area contributed by atoms with Crippen molar-refractivity contribution in [3.8, 4) is 0 Å². The molecule has 0 bridgehead atoms. The molecule has 0 aliphatic carbocycles. The van der Waals surface area contributed by atoms with Gasteiger partial charge in [0.25, 0.3) is 5.91 Å². The lowest BCUT2D eigenvalue weighted by Gasteiger charge is -2.13. The van der Waals surface area contributed by atoms with Crippen LogP contribution in [0.4, 0.5) is 11.5 Å². The molecule has 0 fully saturated rings. The molecule has 1 aromatic heterocycles. The van der Waals surface area contributed by atoms with E-state index in [9.17, 15) is 4.79 Å². The first kappa shape index (κ1) is 14.3. The van der Waals surface area contributed by atoms with Gasteiger partial charge in [-0.3, -0.25) is 4.79 Å². The summed E-state index contributed by atoms with van der Waals surface area (Å²) in [6, 6.07) is 10.7. The first-order valence-corrected chi connectivity index (χ1v) is 6.72. The zero-order valence-electron chi connectivity index (χ0n) is 11.4. The fraction of sp³-hybridized carbons (Fsp3) is 0.200. The number of carbonyl (C=O) groups excluding carboxylic acids is 1. The monoisotopic (exact) mass is 289 g/mol.